The van der Waals surface area contributed by atoms with Gasteiger partial charge in [0.05, 0.1) is 12.2 Å². The maximum atomic E-state index is 5.75. The van der Waals surface area contributed by atoms with E-state index >= 15 is 0 Å². The Morgan fingerprint density at radius 1 is 1.19 bits per heavy atom. The first kappa shape index (κ1) is 24.8. The molecule has 1 aliphatic carbocycles. The molecule has 176 valence electrons. The van der Waals surface area contributed by atoms with E-state index in [1.807, 2.05) is 13.8 Å². The molecule has 3 aliphatic rings. The van der Waals surface area contributed by atoms with Crippen molar-refractivity contribution in [1.29, 1.82) is 0 Å². The van der Waals surface area contributed by atoms with Gasteiger partial charge in [0.15, 0.2) is 5.96 Å². The van der Waals surface area contributed by atoms with Crippen LogP contribution >= 0.6 is 24.0 Å². The molecule has 0 aromatic carbocycles. The molecule has 8 heteroatoms. The standard InChI is InChI=1S/C23H40N6O.HI/c1-5-24-23(27-20-12-16(2)29(14-20)21-6-7-21)25-13-19-8-10-28(11-9-19)15-22-26-17(3)18(4)30-22;/h16,19-21H,5-15H2,1-4H3,(H2,24,25,27);1H. The molecule has 4 rings (SSSR count). The summed E-state index contributed by atoms with van der Waals surface area (Å²) in [5.74, 6) is 3.46. The maximum absolute atomic E-state index is 5.75. The Morgan fingerprint density at radius 3 is 2.55 bits per heavy atom. The molecule has 2 aliphatic heterocycles. The number of aryl methyl sites for hydroxylation is 2. The van der Waals surface area contributed by atoms with Crippen LogP contribution in [0, 0.1) is 19.8 Å². The molecule has 31 heavy (non-hydrogen) atoms. The molecule has 3 heterocycles. The summed E-state index contributed by atoms with van der Waals surface area (Å²) in [5, 5.41) is 7.18. The molecule has 2 saturated heterocycles. The number of nitrogens with zero attached hydrogens (tertiary/aromatic N) is 4. The Balaban J connectivity index is 0.00000272. The van der Waals surface area contributed by atoms with Gasteiger partial charge in [-0.2, -0.15) is 0 Å². The molecular formula is C23H41IN6O. The van der Waals surface area contributed by atoms with Crippen molar-refractivity contribution in [3.63, 3.8) is 0 Å². The fraction of sp³-hybridized carbons (Fsp3) is 0.826. The van der Waals surface area contributed by atoms with E-state index in [1.54, 1.807) is 0 Å². The van der Waals surface area contributed by atoms with Crippen LogP contribution in [-0.2, 0) is 6.54 Å². The minimum absolute atomic E-state index is 0. The minimum Gasteiger partial charge on any atom is -0.444 e. The molecule has 1 saturated carbocycles. The molecular weight excluding hydrogens is 503 g/mol. The number of hydrogen-bond donors (Lipinski definition) is 2. The molecule has 0 bridgehead atoms. The number of oxazole rings is 1. The normalized spacial score (nSPS) is 26.1. The van der Waals surface area contributed by atoms with Crippen LogP contribution in [-0.4, -0.2) is 71.6 Å². The lowest BCUT2D eigenvalue weighted by Gasteiger charge is -2.30. The number of aromatic nitrogens is 1. The zero-order valence-electron chi connectivity index (χ0n) is 19.7. The highest BCUT2D eigenvalue weighted by Crippen LogP contribution is 2.33. The Bertz CT molecular complexity index is 706. The number of likely N-dealkylation sites (tertiary alicyclic amines) is 2. The number of aliphatic imine (C=N–C) groups is 1. The van der Waals surface area contributed by atoms with Gasteiger partial charge in [-0.25, -0.2) is 4.98 Å². The van der Waals surface area contributed by atoms with E-state index in [-0.39, 0.29) is 24.0 Å². The first-order valence-corrected chi connectivity index (χ1v) is 12.0. The number of nitrogens with one attached hydrogen (secondary N) is 2. The van der Waals surface area contributed by atoms with Gasteiger partial charge in [-0.1, -0.05) is 0 Å². The van der Waals surface area contributed by atoms with Gasteiger partial charge >= 0.3 is 0 Å². The highest BCUT2D eigenvalue weighted by molar-refractivity contribution is 14.0. The van der Waals surface area contributed by atoms with Crippen LogP contribution in [0.15, 0.2) is 9.41 Å². The molecule has 1 aromatic heterocycles. The zero-order chi connectivity index (χ0) is 21.1. The largest absolute Gasteiger partial charge is 0.444 e. The topological polar surface area (TPSA) is 68.9 Å². The summed E-state index contributed by atoms with van der Waals surface area (Å²) in [7, 11) is 0. The molecule has 0 radical (unpaired) electrons. The second kappa shape index (κ2) is 11.3. The van der Waals surface area contributed by atoms with Crippen LogP contribution in [0.4, 0.5) is 0 Å². The fourth-order valence-electron chi connectivity index (χ4n) is 4.93. The van der Waals surface area contributed by atoms with Crippen LogP contribution in [0.3, 0.4) is 0 Å². The summed E-state index contributed by atoms with van der Waals surface area (Å²) in [5.41, 5.74) is 1.01. The number of guanidine groups is 1. The van der Waals surface area contributed by atoms with Crippen LogP contribution < -0.4 is 10.6 Å². The van der Waals surface area contributed by atoms with Gasteiger partial charge in [-0.3, -0.25) is 14.8 Å². The van der Waals surface area contributed by atoms with Crippen molar-refractivity contribution in [2.75, 3.05) is 32.7 Å². The maximum Gasteiger partial charge on any atom is 0.208 e. The molecule has 2 atom stereocenters. The monoisotopic (exact) mass is 544 g/mol. The van der Waals surface area contributed by atoms with Crippen molar-refractivity contribution in [2.45, 2.75) is 84.5 Å². The summed E-state index contributed by atoms with van der Waals surface area (Å²) >= 11 is 0. The quantitative estimate of drug-likeness (QED) is 0.312. The first-order chi connectivity index (χ1) is 14.5. The molecule has 0 amide bonds. The average molecular weight is 545 g/mol. The third-order valence-electron chi connectivity index (χ3n) is 6.97. The molecule has 7 nitrogen and oxygen atoms in total. The van der Waals surface area contributed by atoms with Crippen molar-refractivity contribution >= 4 is 29.9 Å². The van der Waals surface area contributed by atoms with Gasteiger partial charge in [-0.15, -0.1) is 24.0 Å². The minimum atomic E-state index is 0. The predicted octanol–water partition coefficient (Wildman–Crippen LogP) is 3.30. The molecule has 1 aromatic rings. The number of rotatable bonds is 7. The SMILES string of the molecule is CCNC(=NCC1CCN(Cc2nc(C)c(C)o2)CC1)NC1CC(C)N(C2CC2)C1.I. The van der Waals surface area contributed by atoms with Gasteiger partial charge in [-0.05, 0) is 78.8 Å². The zero-order valence-corrected chi connectivity index (χ0v) is 22.0. The van der Waals surface area contributed by atoms with E-state index in [1.165, 1.54) is 32.1 Å². The first-order valence-electron chi connectivity index (χ1n) is 12.0. The Labute approximate surface area is 204 Å². The van der Waals surface area contributed by atoms with Crippen molar-refractivity contribution in [1.82, 2.24) is 25.4 Å². The van der Waals surface area contributed by atoms with Crippen molar-refractivity contribution in [2.24, 2.45) is 10.9 Å². The Morgan fingerprint density at radius 2 is 1.94 bits per heavy atom. The van der Waals surface area contributed by atoms with Crippen molar-refractivity contribution < 1.29 is 4.42 Å². The Kier molecular flexibility index (Phi) is 9.04. The van der Waals surface area contributed by atoms with E-state index < -0.39 is 0 Å². The van der Waals surface area contributed by atoms with Gasteiger partial charge in [0.1, 0.15) is 5.76 Å². The summed E-state index contributed by atoms with van der Waals surface area (Å²) in [4.78, 5) is 14.6. The lowest BCUT2D eigenvalue weighted by molar-refractivity contribution is 0.166. The summed E-state index contributed by atoms with van der Waals surface area (Å²) in [6.07, 6.45) is 6.38. The van der Waals surface area contributed by atoms with Crippen LogP contribution in [0.5, 0.6) is 0 Å². The van der Waals surface area contributed by atoms with Gasteiger partial charge in [0.2, 0.25) is 5.89 Å². The van der Waals surface area contributed by atoms with Gasteiger partial charge in [0.25, 0.3) is 0 Å². The average Bonchev–Trinajstić information content (AvgIpc) is 3.42. The number of halogens is 1. The van der Waals surface area contributed by atoms with E-state index in [9.17, 15) is 0 Å². The smallest absolute Gasteiger partial charge is 0.208 e. The van der Waals surface area contributed by atoms with E-state index in [0.29, 0.717) is 18.0 Å². The third kappa shape index (κ3) is 6.81. The van der Waals surface area contributed by atoms with Crippen molar-refractivity contribution in [3.8, 4) is 0 Å². The number of hydrogen-bond acceptors (Lipinski definition) is 5. The second-order valence-electron chi connectivity index (χ2n) is 9.54. The molecule has 3 fully saturated rings. The van der Waals surface area contributed by atoms with Crippen LogP contribution in [0.2, 0.25) is 0 Å². The van der Waals surface area contributed by atoms with Crippen molar-refractivity contribution in [3.05, 3.63) is 17.3 Å². The van der Waals surface area contributed by atoms with E-state index in [2.05, 4.69) is 39.3 Å². The lowest BCUT2D eigenvalue weighted by Crippen LogP contribution is -2.45. The lowest BCUT2D eigenvalue weighted by atomic mass is 9.97. The predicted molar refractivity (Wildman–Crippen MR) is 136 cm³/mol. The fourth-order valence-corrected chi connectivity index (χ4v) is 4.93. The second-order valence-corrected chi connectivity index (χ2v) is 9.54. The molecule has 2 unspecified atom stereocenters. The number of piperidine rings is 1. The van der Waals surface area contributed by atoms with Crippen LogP contribution in [0.1, 0.15) is 63.3 Å². The third-order valence-corrected chi connectivity index (χ3v) is 6.97. The summed E-state index contributed by atoms with van der Waals surface area (Å²) in [6, 6.07) is 2.06. The van der Waals surface area contributed by atoms with Gasteiger partial charge in [0, 0.05) is 37.8 Å². The van der Waals surface area contributed by atoms with E-state index in [0.717, 1.165) is 68.6 Å². The van der Waals surface area contributed by atoms with E-state index in [4.69, 9.17) is 9.41 Å². The highest BCUT2D eigenvalue weighted by Gasteiger charge is 2.38. The summed E-state index contributed by atoms with van der Waals surface area (Å²) in [6.45, 7) is 14.5. The molecule has 0 spiro atoms. The summed E-state index contributed by atoms with van der Waals surface area (Å²) < 4.78 is 5.75. The highest BCUT2D eigenvalue weighted by atomic mass is 127. The molecule has 2 N–H and O–H groups in total. The Hall–Kier alpha value is -0.870. The van der Waals surface area contributed by atoms with Gasteiger partial charge < -0.3 is 15.1 Å². The van der Waals surface area contributed by atoms with Crippen LogP contribution in [0.25, 0.3) is 0 Å².